The van der Waals surface area contributed by atoms with Crippen molar-refractivity contribution in [2.45, 2.75) is 13.3 Å². The molecule has 3 rings (SSSR count). The summed E-state index contributed by atoms with van der Waals surface area (Å²) in [7, 11) is 0. The molecule has 0 fully saturated rings. The molecule has 0 aliphatic heterocycles. The van der Waals surface area contributed by atoms with E-state index < -0.39 is 5.97 Å². The Labute approximate surface area is 136 Å². The fourth-order valence-corrected chi connectivity index (χ4v) is 3.17. The Morgan fingerprint density at radius 2 is 2.05 bits per heavy atom. The highest BCUT2D eigenvalue weighted by Gasteiger charge is 2.20. The third-order valence-electron chi connectivity index (χ3n) is 3.18. The number of nitrogens with zero attached hydrogens (tertiary/aromatic N) is 1. The molecule has 0 bridgehead atoms. The van der Waals surface area contributed by atoms with E-state index in [1.165, 1.54) is 11.3 Å². The molecule has 0 aliphatic carbocycles. The van der Waals surface area contributed by atoms with E-state index in [4.69, 9.17) is 21.1 Å². The predicted octanol–water partition coefficient (Wildman–Crippen LogP) is 4.66. The fourth-order valence-electron chi connectivity index (χ4n) is 2.11. The van der Waals surface area contributed by atoms with Crippen LogP contribution in [0.2, 0.25) is 5.02 Å². The van der Waals surface area contributed by atoms with Gasteiger partial charge in [0.1, 0.15) is 0 Å². The van der Waals surface area contributed by atoms with Crippen LogP contribution in [-0.4, -0.2) is 16.1 Å². The van der Waals surface area contributed by atoms with Gasteiger partial charge in [-0.05, 0) is 48.2 Å². The zero-order valence-corrected chi connectivity index (χ0v) is 13.2. The van der Waals surface area contributed by atoms with Crippen molar-refractivity contribution in [3.63, 3.8) is 0 Å². The lowest BCUT2D eigenvalue weighted by atomic mass is 10.2. The number of carboxylic acids is 1. The number of aromatic nitrogens is 1. The molecule has 1 aromatic carbocycles. The molecule has 0 spiro atoms. The molecule has 6 heteroatoms. The third-order valence-corrected chi connectivity index (χ3v) is 4.44. The van der Waals surface area contributed by atoms with E-state index in [0.29, 0.717) is 22.4 Å². The van der Waals surface area contributed by atoms with Gasteiger partial charge in [0.25, 0.3) is 0 Å². The lowest BCUT2D eigenvalue weighted by Gasteiger charge is -1.97. The van der Waals surface area contributed by atoms with Crippen LogP contribution >= 0.6 is 22.9 Å². The lowest BCUT2D eigenvalue weighted by molar-refractivity contribution is -0.136. The molecule has 0 saturated carbocycles. The molecule has 2 aromatic heterocycles. The quantitative estimate of drug-likeness (QED) is 0.754. The summed E-state index contributed by atoms with van der Waals surface area (Å²) in [6.45, 7) is 1.96. The van der Waals surface area contributed by atoms with Crippen molar-refractivity contribution in [1.29, 1.82) is 0 Å². The predicted molar refractivity (Wildman–Crippen MR) is 86.3 cm³/mol. The highest BCUT2D eigenvalue weighted by Crippen LogP contribution is 2.35. The van der Waals surface area contributed by atoms with Gasteiger partial charge in [-0.25, -0.2) is 4.98 Å². The second-order valence-corrected chi connectivity index (χ2v) is 6.16. The summed E-state index contributed by atoms with van der Waals surface area (Å²) in [5, 5.41) is 11.6. The van der Waals surface area contributed by atoms with Gasteiger partial charge in [-0.15, -0.1) is 11.3 Å². The van der Waals surface area contributed by atoms with E-state index in [0.717, 1.165) is 16.0 Å². The van der Waals surface area contributed by atoms with Crippen LogP contribution in [0.25, 0.3) is 22.1 Å². The summed E-state index contributed by atoms with van der Waals surface area (Å²) in [5.74, 6) is -0.0121. The summed E-state index contributed by atoms with van der Waals surface area (Å²) in [6, 6.07) is 9.05. The van der Waals surface area contributed by atoms with Crippen molar-refractivity contribution < 1.29 is 14.3 Å². The first-order valence-corrected chi connectivity index (χ1v) is 7.82. The zero-order chi connectivity index (χ0) is 15.7. The van der Waals surface area contributed by atoms with Crippen molar-refractivity contribution in [1.82, 2.24) is 4.98 Å². The highest BCUT2D eigenvalue weighted by molar-refractivity contribution is 7.13. The maximum atomic E-state index is 11.1. The highest BCUT2D eigenvalue weighted by atomic mass is 35.5. The summed E-state index contributed by atoms with van der Waals surface area (Å²) < 4.78 is 5.86. The monoisotopic (exact) mass is 333 g/mol. The van der Waals surface area contributed by atoms with Crippen LogP contribution in [0.15, 0.2) is 40.1 Å². The number of carbonyl (C=O) groups is 1. The molecule has 2 heterocycles. The number of benzene rings is 1. The maximum absolute atomic E-state index is 11.1. The first-order valence-electron chi connectivity index (χ1n) is 6.56. The Kier molecular flexibility index (Phi) is 4.00. The minimum atomic E-state index is -0.939. The van der Waals surface area contributed by atoms with Crippen molar-refractivity contribution in [2.24, 2.45) is 0 Å². The van der Waals surface area contributed by atoms with Crippen LogP contribution in [0.3, 0.4) is 0 Å². The van der Waals surface area contributed by atoms with E-state index in [-0.39, 0.29) is 6.42 Å². The summed E-state index contributed by atoms with van der Waals surface area (Å²) in [5.41, 5.74) is 2.23. The van der Waals surface area contributed by atoms with Gasteiger partial charge in [0, 0.05) is 10.6 Å². The molecular formula is C16H12ClNO3S. The summed E-state index contributed by atoms with van der Waals surface area (Å²) in [4.78, 5) is 16.3. The van der Waals surface area contributed by atoms with E-state index in [2.05, 4.69) is 4.98 Å². The molecule has 0 amide bonds. The topological polar surface area (TPSA) is 63.3 Å². The normalized spacial score (nSPS) is 10.8. The Balaban J connectivity index is 2.10. The second-order valence-electron chi connectivity index (χ2n) is 4.80. The maximum Gasteiger partial charge on any atom is 0.309 e. The molecule has 0 radical (unpaired) electrons. The zero-order valence-electron chi connectivity index (χ0n) is 11.7. The lowest BCUT2D eigenvalue weighted by Crippen LogP contribution is -2.01. The number of oxazole rings is 1. The molecule has 1 N–H and O–H groups in total. The van der Waals surface area contributed by atoms with Crippen molar-refractivity contribution in [3.05, 3.63) is 52.0 Å². The van der Waals surface area contributed by atoms with Gasteiger partial charge in [-0.2, -0.15) is 0 Å². The van der Waals surface area contributed by atoms with E-state index in [9.17, 15) is 4.79 Å². The minimum Gasteiger partial charge on any atom is -0.481 e. The third kappa shape index (κ3) is 2.91. The van der Waals surface area contributed by atoms with Gasteiger partial charge < -0.3 is 9.52 Å². The molecule has 0 unspecified atom stereocenters. The smallest absolute Gasteiger partial charge is 0.309 e. The van der Waals surface area contributed by atoms with Crippen LogP contribution in [-0.2, 0) is 11.2 Å². The Hall–Kier alpha value is -2.11. The largest absolute Gasteiger partial charge is 0.481 e. The number of aliphatic carboxylic acids is 1. The van der Waals surface area contributed by atoms with Gasteiger partial charge in [-0.3, -0.25) is 4.79 Å². The average molecular weight is 334 g/mol. The van der Waals surface area contributed by atoms with E-state index in [1.807, 2.05) is 18.4 Å². The molecule has 112 valence electrons. The van der Waals surface area contributed by atoms with Gasteiger partial charge in [0.2, 0.25) is 5.89 Å². The summed E-state index contributed by atoms with van der Waals surface area (Å²) in [6.07, 6.45) is -0.177. The number of aryl methyl sites for hydroxylation is 1. The first-order chi connectivity index (χ1) is 10.5. The van der Waals surface area contributed by atoms with Gasteiger partial charge in [-0.1, -0.05) is 11.6 Å². The Morgan fingerprint density at radius 1 is 1.32 bits per heavy atom. The number of thiophene rings is 1. The van der Waals surface area contributed by atoms with Gasteiger partial charge >= 0.3 is 5.97 Å². The second kappa shape index (κ2) is 5.94. The SMILES string of the molecule is Cc1ccsc1-c1oc(-c2ccc(Cl)cc2)nc1CC(=O)O. The first kappa shape index (κ1) is 14.8. The van der Waals surface area contributed by atoms with Crippen molar-refractivity contribution >= 4 is 28.9 Å². The standard InChI is InChI=1S/C16H12ClNO3S/c1-9-6-7-22-15(9)14-12(8-13(19)20)18-16(21-14)10-2-4-11(17)5-3-10/h2-7H,8H2,1H3,(H,19,20). The van der Waals surface area contributed by atoms with Crippen LogP contribution < -0.4 is 0 Å². The Morgan fingerprint density at radius 3 is 2.64 bits per heavy atom. The Bertz CT molecular complexity index is 820. The number of hydrogen-bond donors (Lipinski definition) is 1. The van der Waals surface area contributed by atoms with E-state index >= 15 is 0 Å². The van der Waals surface area contributed by atoms with Gasteiger partial charge in [0.05, 0.1) is 17.0 Å². The molecule has 22 heavy (non-hydrogen) atoms. The molecule has 4 nitrogen and oxygen atoms in total. The van der Waals surface area contributed by atoms with Crippen LogP contribution in [0, 0.1) is 6.92 Å². The fraction of sp³-hybridized carbons (Fsp3) is 0.125. The number of rotatable bonds is 4. The molecule has 0 atom stereocenters. The minimum absolute atomic E-state index is 0.177. The number of hydrogen-bond acceptors (Lipinski definition) is 4. The molecule has 0 aliphatic rings. The number of halogens is 1. The van der Waals surface area contributed by atoms with E-state index in [1.54, 1.807) is 24.3 Å². The molecular weight excluding hydrogens is 322 g/mol. The van der Waals surface area contributed by atoms with Crippen molar-refractivity contribution in [2.75, 3.05) is 0 Å². The molecule has 3 aromatic rings. The molecule has 0 saturated heterocycles. The number of carboxylic acid groups (broad SMARTS) is 1. The van der Waals surface area contributed by atoms with Gasteiger partial charge in [0.15, 0.2) is 5.76 Å². The van der Waals surface area contributed by atoms with Crippen LogP contribution in [0.4, 0.5) is 0 Å². The van der Waals surface area contributed by atoms with Crippen molar-refractivity contribution in [3.8, 4) is 22.1 Å². The van der Waals surface area contributed by atoms with Crippen LogP contribution in [0.1, 0.15) is 11.3 Å². The van der Waals surface area contributed by atoms with Crippen LogP contribution in [0.5, 0.6) is 0 Å². The summed E-state index contributed by atoms with van der Waals surface area (Å²) >= 11 is 7.39. The average Bonchev–Trinajstić information content (AvgIpc) is 3.05.